The lowest BCUT2D eigenvalue weighted by molar-refractivity contribution is -0.0632. The summed E-state index contributed by atoms with van der Waals surface area (Å²) in [6.07, 6.45) is 9.83. The number of rotatable bonds is 6. The predicted octanol–water partition coefficient (Wildman–Crippen LogP) is 2.10. The molecule has 2 saturated heterocycles. The van der Waals surface area contributed by atoms with Gasteiger partial charge in [-0.05, 0) is 37.3 Å². The Hall–Kier alpha value is -1.30. The summed E-state index contributed by atoms with van der Waals surface area (Å²) in [4.78, 5) is 4.53. The summed E-state index contributed by atoms with van der Waals surface area (Å²) in [6, 6.07) is 0. The van der Waals surface area contributed by atoms with Gasteiger partial charge >= 0.3 is 0 Å². The topological polar surface area (TPSA) is 62.0 Å². The minimum atomic E-state index is -0.681. The molecule has 2 fully saturated rings. The molecule has 25 heavy (non-hydrogen) atoms. The van der Waals surface area contributed by atoms with E-state index in [0.29, 0.717) is 19.0 Å². The van der Waals surface area contributed by atoms with Crippen molar-refractivity contribution in [3.05, 3.63) is 35.7 Å². The van der Waals surface area contributed by atoms with Crippen molar-refractivity contribution in [2.75, 3.05) is 45.9 Å². The van der Waals surface area contributed by atoms with E-state index >= 15 is 0 Å². The van der Waals surface area contributed by atoms with Crippen LogP contribution in [0.1, 0.15) is 33.6 Å². The highest BCUT2D eigenvalue weighted by molar-refractivity contribution is 5.28. The molecule has 3 N–H and O–H groups in total. The minimum Gasteiger partial charge on any atom is -0.403 e. The van der Waals surface area contributed by atoms with Gasteiger partial charge in [0.15, 0.2) is 0 Å². The van der Waals surface area contributed by atoms with E-state index in [1.807, 2.05) is 0 Å². The highest BCUT2D eigenvalue weighted by Crippen LogP contribution is 2.26. The average molecular weight is 350 g/mol. The Balaban J connectivity index is 2.01. The number of ether oxygens (including phenoxy) is 1. The Morgan fingerprint density at radius 3 is 2.56 bits per heavy atom. The maximum Gasteiger partial charge on any atom is 0.0948 e. The van der Waals surface area contributed by atoms with Crippen molar-refractivity contribution in [3.8, 4) is 0 Å². The van der Waals surface area contributed by atoms with Crippen molar-refractivity contribution >= 4 is 0 Å². The third-order valence-electron chi connectivity index (χ3n) is 5.16. The Bertz CT molecular complexity index is 507. The predicted molar refractivity (Wildman–Crippen MR) is 103 cm³/mol. The molecule has 2 aliphatic heterocycles. The fourth-order valence-corrected chi connectivity index (χ4v) is 3.71. The highest BCUT2D eigenvalue weighted by atomic mass is 16.5. The lowest BCUT2D eigenvalue weighted by Crippen LogP contribution is -2.55. The van der Waals surface area contributed by atoms with Crippen LogP contribution in [0.3, 0.4) is 0 Å². The van der Waals surface area contributed by atoms with Gasteiger partial charge in [0.05, 0.1) is 24.5 Å². The third kappa shape index (κ3) is 5.87. The van der Waals surface area contributed by atoms with Crippen LogP contribution in [0.5, 0.6) is 0 Å². The number of hydrogen-bond acceptors (Lipinski definition) is 5. The Morgan fingerprint density at radius 2 is 1.96 bits per heavy atom. The average Bonchev–Trinajstić information content (AvgIpc) is 2.59. The van der Waals surface area contributed by atoms with Crippen molar-refractivity contribution in [3.63, 3.8) is 0 Å². The molecule has 0 aromatic rings. The molecule has 0 bridgehead atoms. The first-order chi connectivity index (χ1) is 12.0. The van der Waals surface area contributed by atoms with Crippen molar-refractivity contribution in [1.29, 1.82) is 0 Å². The number of aliphatic hydroxyl groups is 1. The zero-order chi connectivity index (χ0) is 18.3. The molecule has 1 atom stereocenters. The molecule has 5 heteroatoms. The van der Waals surface area contributed by atoms with Gasteiger partial charge in [-0.15, -0.1) is 0 Å². The van der Waals surface area contributed by atoms with Gasteiger partial charge in [-0.1, -0.05) is 26.0 Å². The summed E-state index contributed by atoms with van der Waals surface area (Å²) in [5.74, 6) is 0.486. The maximum atomic E-state index is 11.1. The second-order valence-electron chi connectivity index (χ2n) is 7.51. The Labute approximate surface area is 152 Å². The number of morpholine rings is 1. The molecular weight excluding hydrogens is 314 g/mol. The van der Waals surface area contributed by atoms with Gasteiger partial charge in [0, 0.05) is 38.9 Å². The molecular formula is C20H35N3O2. The zero-order valence-electron chi connectivity index (χ0n) is 16.1. The molecule has 142 valence electrons. The SMILES string of the molecule is C\C=C(/C=C\C(=C/N)N1CCC[C@@](O)(CN2CCOCC2)C1)C(C)C. The summed E-state index contributed by atoms with van der Waals surface area (Å²) >= 11 is 0. The quantitative estimate of drug-likeness (QED) is 0.719. The van der Waals surface area contributed by atoms with Gasteiger partial charge < -0.3 is 20.5 Å². The van der Waals surface area contributed by atoms with Crippen LogP contribution in [0.2, 0.25) is 0 Å². The van der Waals surface area contributed by atoms with Gasteiger partial charge in [0.1, 0.15) is 0 Å². The van der Waals surface area contributed by atoms with Gasteiger partial charge in [-0.2, -0.15) is 0 Å². The summed E-state index contributed by atoms with van der Waals surface area (Å²) < 4.78 is 5.41. The number of likely N-dealkylation sites (tertiary alicyclic amines) is 1. The molecule has 5 nitrogen and oxygen atoms in total. The van der Waals surface area contributed by atoms with E-state index in [1.54, 1.807) is 6.20 Å². The largest absolute Gasteiger partial charge is 0.403 e. The van der Waals surface area contributed by atoms with Crippen LogP contribution in [0.25, 0.3) is 0 Å². The molecule has 0 amide bonds. The monoisotopic (exact) mass is 349 g/mol. The lowest BCUT2D eigenvalue weighted by atomic mass is 9.91. The molecule has 0 radical (unpaired) electrons. The molecule has 0 saturated carbocycles. The maximum absolute atomic E-state index is 11.1. The van der Waals surface area contributed by atoms with Crippen LogP contribution in [-0.4, -0.2) is 66.4 Å². The van der Waals surface area contributed by atoms with Crippen LogP contribution in [-0.2, 0) is 4.74 Å². The van der Waals surface area contributed by atoms with Gasteiger partial charge in [-0.25, -0.2) is 0 Å². The van der Waals surface area contributed by atoms with Crippen molar-refractivity contribution < 1.29 is 9.84 Å². The smallest absolute Gasteiger partial charge is 0.0948 e. The molecule has 2 rings (SSSR count). The minimum absolute atomic E-state index is 0.486. The molecule has 0 spiro atoms. The first kappa shape index (κ1) is 20.0. The second-order valence-corrected chi connectivity index (χ2v) is 7.51. The van der Waals surface area contributed by atoms with Crippen LogP contribution in [0, 0.1) is 5.92 Å². The summed E-state index contributed by atoms with van der Waals surface area (Å²) in [6.45, 7) is 12.0. The highest BCUT2D eigenvalue weighted by Gasteiger charge is 2.35. The van der Waals surface area contributed by atoms with Gasteiger partial charge in [0.25, 0.3) is 0 Å². The molecule has 0 aromatic heterocycles. The van der Waals surface area contributed by atoms with E-state index in [2.05, 4.69) is 48.8 Å². The lowest BCUT2D eigenvalue weighted by Gasteiger charge is -2.43. The van der Waals surface area contributed by atoms with E-state index in [4.69, 9.17) is 10.5 Å². The number of nitrogens with two attached hydrogens (primary N) is 1. The van der Waals surface area contributed by atoms with Gasteiger partial charge in [-0.3, -0.25) is 4.90 Å². The van der Waals surface area contributed by atoms with Crippen molar-refractivity contribution in [2.24, 2.45) is 11.7 Å². The second kappa shape index (κ2) is 9.41. The molecule has 0 aromatic carbocycles. The van der Waals surface area contributed by atoms with Crippen LogP contribution < -0.4 is 5.73 Å². The molecule has 2 aliphatic rings. The van der Waals surface area contributed by atoms with Crippen LogP contribution in [0.4, 0.5) is 0 Å². The van der Waals surface area contributed by atoms with E-state index in [0.717, 1.165) is 51.4 Å². The summed E-state index contributed by atoms with van der Waals surface area (Å²) in [7, 11) is 0. The fraction of sp³-hybridized carbons (Fsp3) is 0.700. The third-order valence-corrected chi connectivity index (χ3v) is 5.16. The number of hydrogen-bond donors (Lipinski definition) is 2. The van der Waals surface area contributed by atoms with E-state index in [1.165, 1.54) is 5.57 Å². The van der Waals surface area contributed by atoms with E-state index in [9.17, 15) is 5.11 Å². The fourth-order valence-electron chi connectivity index (χ4n) is 3.71. The molecule has 0 aliphatic carbocycles. The normalized spacial score (nSPS) is 27.5. The van der Waals surface area contributed by atoms with Crippen LogP contribution >= 0.6 is 0 Å². The number of allylic oxidation sites excluding steroid dienone is 4. The standard InChI is InChI=1S/C20H35N3O2/c1-4-18(17(2)3)6-7-19(14-21)23-9-5-8-20(24,16-23)15-22-10-12-25-13-11-22/h4,6-7,14,17,24H,5,8-13,15-16,21H2,1-3H3/b7-6-,18-4+,19-14+/t20-/m1/s1. The molecule has 0 unspecified atom stereocenters. The number of β-amino-alcohol motifs (C(OH)–C–C–N with tert-alkyl or cyclic N) is 1. The first-order valence-corrected chi connectivity index (χ1v) is 9.51. The number of piperidine rings is 1. The summed E-state index contributed by atoms with van der Waals surface area (Å²) in [5, 5.41) is 11.1. The van der Waals surface area contributed by atoms with Gasteiger partial charge in [0.2, 0.25) is 0 Å². The van der Waals surface area contributed by atoms with Crippen LogP contribution in [0.15, 0.2) is 35.7 Å². The van der Waals surface area contributed by atoms with E-state index in [-0.39, 0.29) is 0 Å². The summed E-state index contributed by atoms with van der Waals surface area (Å²) in [5.41, 5.74) is 7.49. The first-order valence-electron chi connectivity index (χ1n) is 9.51. The zero-order valence-corrected chi connectivity index (χ0v) is 16.1. The Kier molecular flexibility index (Phi) is 7.54. The molecule has 2 heterocycles. The van der Waals surface area contributed by atoms with E-state index < -0.39 is 5.60 Å². The van der Waals surface area contributed by atoms with Crippen molar-refractivity contribution in [2.45, 2.75) is 39.2 Å². The van der Waals surface area contributed by atoms with Crippen molar-refractivity contribution in [1.82, 2.24) is 9.80 Å². The Morgan fingerprint density at radius 1 is 1.24 bits per heavy atom. The number of nitrogens with zero attached hydrogens (tertiary/aromatic N) is 2.